The minimum atomic E-state index is -0.841. The predicted molar refractivity (Wildman–Crippen MR) is 51.2 cm³/mol. The van der Waals surface area contributed by atoms with Gasteiger partial charge in [-0.15, -0.1) is 10.2 Å². The maximum Gasteiger partial charge on any atom is 0.317 e. The van der Waals surface area contributed by atoms with Crippen molar-refractivity contribution in [1.29, 1.82) is 0 Å². The van der Waals surface area contributed by atoms with E-state index >= 15 is 0 Å². The SMILES string of the molecule is CC(C)Cn1nnc(C2(C(=O)O)CC2)n1. The number of hydrogen-bond acceptors (Lipinski definition) is 4. The van der Waals surface area contributed by atoms with E-state index in [9.17, 15) is 4.79 Å². The molecule has 82 valence electrons. The predicted octanol–water partition coefficient (Wildman–Crippen LogP) is 0.445. The minimum Gasteiger partial charge on any atom is -0.480 e. The van der Waals surface area contributed by atoms with Crippen LogP contribution in [0.3, 0.4) is 0 Å². The summed E-state index contributed by atoms with van der Waals surface area (Å²) in [6.45, 7) is 4.77. The maximum absolute atomic E-state index is 11.0. The zero-order valence-electron chi connectivity index (χ0n) is 8.84. The van der Waals surface area contributed by atoms with Crippen molar-refractivity contribution in [2.75, 3.05) is 0 Å². The first kappa shape index (κ1) is 10.1. The van der Waals surface area contributed by atoms with E-state index in [1.165, 1.54) is 4.80 Å². The molecule has 2 rings (SSSR count). The summed E-state index contributed by atoms with van der Waals surface area (Å²) in [5.74, 6) is -0.0609. The number of aromatic nitrogens is 4. The zero-order chi connectivity index (χ0) is 11.1. The van der Waals surface area contributed by atoms with Crippen LogP contribution in [0.2, 0.25) is 0 Å². The second-order valence-electron chi connectivity index (χ2n) is 4.45. The first-order chi connectivity index (χ1) is 7.04. The second kappa shape index (κ2) is 3.29. The molecule has 0 amide bonds. The lowest BCUT2D eigenvalue weighted by atomic mass is 10.1. The highest BCUT2D eigenvalue weighted by Gasteiger charge is 2.55. The summed E-state index contributed by atoms with van der Waals surface area (Å²) in [5.41, 5.74) is -0.838. The minimum absolute atomic E-state index is 0.357. The van der Waals surface area contributed by atoms with E-state index in [-0.39, 0.29) is 0 Å². The summed E-state index contributed by atoms with van der Waals surface area (Å²) in [7, 11) is 0. The van der Waals surface area contributed by atoms with Crippen LogP contribution in [-0.4, -0.2) is 31.3 Å². The number of hydrogen-bond donors (Lipinski definition) is 1. The molecule has 1 aromatic rings. The Morgan fingerprint density at radius 3 is 2.73 bits per heavy atom. The van der Waals surface area contributed by atoms with Crippen molar-refractivity contribution >= 4 is 5.97 Å². The van der Waals surface area contributed by atoms with Gasteiger partial charge in [0, 0.05) is 0 Å². The standard InChI is InChI=1S/C9H14N4O2/c1-6(2)5-13-11-7(10-12-13)9(3-4-9)8(14)15/h6H,3-5H2,1-2H3,(H,14,15). The number of nitrogens with zero attached hydrogens (tertiary/aromatic N) is 4. The average Bonchev–Trinajstić information content (AvgIpc) is 2.83. The van der Waals surface area contributed by atoms with E-state index in [0.29, 0.717) is 31.1 Å². The first-order valence-electron chi connectivity index (χ1n) is 5.06. The van der Waals surface area contributed by atoms with Crippen LogP contribution >= 0.6 is 0 Å². The van der Waals surface area contributed by atoms with Gasteiger partial charge in [0.2, 0.25) is 0 Å². The number of rotatable bonds is 4. The fraction of sp³-hybridized carbons (Fsp3) is 0.778. The van der Waals surface area contributed by atoms with Crippen molar-refractivity contribution in [3.05, 3.63) is 5.82 Å². The van der Waals surface area contributed by atoms with E-state index in [4.69, 9.17) is 5.11 Å². The van der Waals surface area contributed by atoms with Crippen LogP contribution in [0, 0.1) is 5.92 Å². The van der Waals surface area contributed by atoms with Gasteiger partial charge in [0.05, 0.1) is 6.54 Å². The molecule has 1 aliphatic rings. The van der Waals surface area contributed by atoms with Gasteiger partial charge in [0.15, 0.2) is 5.82 Å². The van der Waals surface area contributed by atoms with E-state index in [0.717, 1.165) is 0 Å². The molecule has 0 spiro atoms. The van der Waals surface area contributed by atoms with E-state index in [2.05, 4.69) is 15.4 Å². The van der Waals surface area contributed by atoms with Crippen LogP contribution in [0.4, 0.5) is 0 Å². The Morgan fingerprint density at radius 1 is 1.60 bits per heavy atom. The molecule has 6 heteroatoms. The van der Waals surface area contributed by atoms with E-state index in [1.54, 1.807) is 0 Å². The number of carboxylic acid groups (broad SMARTS) is 1. The molecular weight excluding hydrogens is 196 g/mol. The summed E-state index contributed by atoms with van der Waals surface area (Å²) < 4.78 is 0. The maximum atomic E-state index is 11.0. The highest BCUT2D eigenvalue weighted by molar-refractivity contribution is 5.83. The highest BCUT2D eigenvalue weighted by Crippen LogP contribution is 2.46. The van der Waals surface area contributed by atoms with Gasteiger partial charge in [-0.2, -0.15) is 4.80 Å². The molecular formula is C9H14N4O2. The number of aliphatic carboxylic acids is 1. The Hall–Kier alpha value is -1.46. The monoisotopic (exact) mass is 210 g/mol. The van der Waals surface area contributed by atoms with Crippen molar-refractivity contribution in [2.24, 2.45) is 5.92 Å². The molecule has 6 nitrogen and oxygen atoms in total. The van der Waals surface area contributed by atoms with Crippen molar-refractivity contribution in [1.82, 2.24) is 20.2 Å². The smallest absolute Gasteiger partial charge is 0.317 e. The van der Waals surface area contributed by atoms with Gasteiger partial charge in [0.25, 0.3) is 0 Å². The average molecular weight is 210 g/mol. The van der Waals surface area contributed by atoms with Crippen LogP contribution in [-0.2, 0) is 16.8 Å². The lowest BCUT2D eigenvalue weighted by Crippen LogP contribution is -2.21. The highest BCUT2D eigenvalue weighted by atomic mass is 16.4. The third kappa shape index (κ3) is 1.71. The molecule has 1 saturated carbocycles. The quantitative estimate of drug-likeness (QED) is 0.780. The van der Waals surface area contributed by atoms with Gasteiger partial charge in [-0.25, -0.2) is 0 Å². The molecule has 15 heavy (non-hydrogen) atoms. The van der Waals surface area contributed by atoms with Crippen molar-refractivity contribution < 1.29 is 9.90 Å². The second-order valence-corrected chi connectivity index (χ2v) is 4.45. The Kier molecular flexibility index (Phi) is 2.21. The van der Waals surface area contributed by atoms with Gasteiger partial charge >= 0.3 is 5.97 Å². The summed E-state index contributed by atoms with van der Waals surface area (Å²) in [6, 6.07) is 0. The Balaban J connectivity index is 2.17. The van der Waals surface area contributed by atoms with E-state index < -0.39 is 11.4 Å². The van der Waals surface area contributed by atoms with Gasteiger partial charge in [-0.3, -0.25) is 4.79 Å². The first-order valence-corrected chi connectivity index (χ1v) is 5.06. The van der Waals surface area contributed by atoms with Crippen LogP contribution in [0.25, 0.3) is 0 Å². The topological polar surface area (TPSA) is 80.9 Å². The van der Waals surface area contributed by atoms with Gasteiger partial charge in [-0.05, 0) is 24.0 Å². The molecule has 1 fully saturated rings. The molecule has 1 N–H and O–H groups in total. The molecule has 1 aromatic heterocycles. The van der Waals surface area contributed by atoms with Gasteiger partial charge in [-0.1, -0.05) is 13.8 Å². The van der Waals surface area contributed by atoms with Crippen LogP contribution in [0.15, 0.2) is 0 Å². The Morgan fingerprint density at radius 2 is 2.27 bits per heavy atom. The molecule has 0 radical (unpaired) electrons. The third-order valence-corrected chi connectivity index (χ3v) is 2.57. The molecule has 1 aliphatic carbocycles. The van der Waals surface area contributed by atoms with Crippen molar-refractivity contribution in [3.63, 3.8) is 0 Å². The number of tetrazole rings is 1. The van der Waals surface area contributed by atoms with Gasteiger partial charge < -0.3 is 5.11 Å². The Bertz CT molecular complexity index is 381. The normalized spacial score (nSPS) is 18.1. The summed E-state index contributed by atoms with van der Waals surface area (Å²) in [5, 5.41) is 20.8. The van der Waals surface area contributed by atoms with Crippen molar-refractivity contribution in [2.45, 2.75) is 38.6 Å². The van der Waals surface area contributed by atoms with Gasteiger partial charge in [0.1, 0.15) is 5.41 Å². The van der Waals surface area contributed by atoms with E-state index in [1.807, 2.05) is 13.8 Å². The summed E-state index contributed by atoms with van der Waals surface area (Å²) >= 11 is 0. The van der Waals surface area contributed by atoms with Crippen molar-refractivity contribution in [3.8, 4) is 0 Å². The lowest BCUT2D eigenvalue weighted by Gasteiger charge is -2.03. The summed E-state index contributed by atoms with van der Waals surface area (Å²) in [4.78, 5) is 12.5. The van der Waals surface area contributed by atoms with Crippen LogP contribution in [0.1, 0.15) is 32.5 Å². The zero-order valence-corrected chi connectivity index (χ0v) is 8.84. The fourth-order valence-electron chi connectivity index (χ4n) is 1.50. The molecule has 0 atom stereocenters. The summed E-state index contributed by atoms with van der Waals surface area (Å²) in [6.07, 6.45) is 1.24. The van der Waals surface area contributed by atoms with Crippen LogP contribution < -0.4 is 0 Å². The molecule has 0 aromatic carbocycles. The molecule has 0 unspecified atom stereocenters. The number of carbonyl (C=O) groups is 1. The molecule has 0 bridgehead atoms. The molecule has 0 aliphatic heterocycles. The fourth-order valence-corrected chi connectivity index (χ4v) is 1.50. The van der Waals surface area contributed by atoms with Crippen LogP contribution in [0.5, 0.6) is 0 Å². The third-order valence-electron chi connectivity index (χ3n) is 2.57. The molecule has 0 saturated heterocycles. The Labute approximate surface area is 87.3 Å². The number of carboxylic acids is 1. The molecule has 1 heterocycles. The lowest BCUT2D eigenvalue weighted by molar-refractivity contribution is -0.140. The largest absolute Gasteiger partial charge is 0.480 e.